The molecule has 1 saturated heterocycles. The normalized spacial score (nSPS) is 18.5. The Morgan fingerprint density at radius 2 is 2.09 bits per heavy atom. The molecular weight excluding hydrogens is 274 g/mol. The molecule has 22 heavy (non-hydrogen) atoms. The Hall–Kier alpha value is -2.10. The Morgan fingerprint density at radius 1 is 1.32 bits per heavy atom. The fourth-order valence-electron chi connectivity index (χ4n) is 3.12. The van der Waals surface area contributed by atoms with Crippen LogP contribution in [0.4, 0.5) is 0 Å². The van der Waals surface area contributed by atoms with Crippen molar-refractivity contribution in [3.63, 3.8) is 0 Å². The molecule has 116 valence electrons. The van der Waals surface area contributed by atoms with Crippen molar-refractivity contribution in [2.75, 3.05) is 6.54 Å². The number of carbonyl (C=O) groups is 1. The maximum Gasteiger partial charge on any atom is 0.223 e. The highest BCUT2D eigenvalue weighted by atomic mass is 16.2. The van der Waals surface area contributed by atoms with Crippen LogP contribution < -0.4 is 0 Å². The van der Waals surface area contributed by atoms with Crippen molar-refractivity contribution < 1.29 is 4.79 Å². The third-order valence-corrected chi connectivity index (χ3v) is 4.45. The molecule has 2 heterocycles. The van der Waals surface area contributed by atoms with Crippen LogP contribution in [0.15, 0.2) is 24.4 Å². The largest absolute Gasteiger partial charge is 0.342 e. The molecule has 1 aliphatic rings. The number of aromatic nitrogens is 2. The predicted octanol–water partition coefficient (Wildman–Crippen LogP) is 3.42. The lowest BCUT2D eigenvalue weighted by atomic mass is 10.0. The molecular formula is C18H23N3O. The van der Waals surface area contributed by atoms with E-state index in [1.54, 1.807) is 0 Å². The van der Waals surface area contributed by atoms with Gasteiger partial charge in [0, 0.05) is 30.5 Å². The zero-order chi connectivity index (χ0) is 15.9. The smallest absolute Gasteiger partial charge is 0.223 e. The van der Waals surface area contributed by atoms with Gasteiger partial charge in [-0.1, -0.05) is 17.7 Å². The van der Waals surface area contributed by atoms with Crippen molar-refractivity contribution in [1.29, 1.82) is 0 Å². The maximum absolute atomic E-state index is 12.1. The van der Waals surface area contributed by atoms with E-state index in [0.717, 1.165) is 18.1 Å². The van der Waals surface area contributed by atoms with Gasteiger partial charge in [0.15, 0.2) is 0 Å². The number of likely N-dealkylation sites (tertiary alicyclic amines) is 1. The molecule has 1 aliphatic heterocycles. The van der Waals surface area contributed by atoms with Gasteiger partial charge in [0.1, 0.15) is 5.82 Å². The molecule has 0 radical (unpaired) electrons. The second kappa shape index (κ2) is 5.59. The Bertz CT molecular complexity index is 702. The number of amides is 1. The summed E-state index contributed by atoms with van der Waals surface area (Å²) in [5.74, 6) is 1.32. The number of nitrogens with zero attached hydrogens (tertiary/aromatic N) is 2. The van der Waals surface area contributed by atoms with Crippen molar-refractivity contribution in [3.05, 3.63) is 41.3 Å². The summed E-state index contributed by atoms with van der Waals surface area (Å²) in [7, 11) is 0. The Morgan fingerprint density at radius 3 is 2.77 bits per heavy atom. The first-order valence-electron chi connectivity index (χ1n) is 7.87. The lowest BCUT2D eigenvalue weighted by Crippen LogP contribution is -2.31. The van der Waals surface area contributed by atoms with Crippen LogP contribution in [0.25, 0.3) is 11.3 Å². The van der Waals surface area contributed by atoms with Crippen LogP contribution in [0, 0.1) is 13.8 Å². The van der Waals surface area contributed by atoms with Gasteiger partial charge in [-0.15, -0.1) is 0 Å². The summed E-state index contributed by atoms with van der Waals surface area (Å²) in [6, 6.07) is 6.68. The molecule has 1 aromatic carbocycles. The minimum Gasteiger partial charge on any atom is -0.342 e. The monoisotopic (exact) mass is 297 g/mol. The number of benzene rings is 1. The fraction of sp³-hybridized carbons (Fsp3) is 0.444. The first-order valence-corrected chi connectivity index (χ1v) is 7.87. The zero-order valence-corrected chi connectivity index (χ0v) is 13.7. The summed E-state index contributed by atoms with van der Waals surface area (Å²) >= 11 is 0. The van der Waals surface area contributed by atoms with Gasteiger partial charge in [-0.05, 0) is 39.3 Å². The lowest BCUT2D eigenvalue weighted by molar-refractivity contribution is -0.129. The van der Waals surface area contributed by atoms with Gasteiger partial charge in [0.05, 0.1) is 11.9 Å². The van der Waals surface area contributed by atoms with E-state index in [2.05, 4.69) is 55.9 Å². The molecule has 0 aliphatic carbocycles. The van der Waals surface area contributed by atoms with Gasteiger partial charge in [-0.25, -0.2) is 4.98 Å². The van der Waals surface area contributed by atoms with Gasteiger partial charge in [-0.3, -0.25) is 4.79 Å². The van der Waals surface area contributed by atoms with Crippen LogP contribution in [0.3, 0.4) is 0 Å². The molecule has 0 saturated carbocycles. The van der Waals surface area contributed by atoms with E-state index in [4.69, 9.17) is 0 Å². The molecule has 4 nitrogen and oxygen atoms in total. The molecule has 1 amide bonds. The molecule has 1 unspecified atom stereocenters. The number of aryl methyl sites for hydroxylation is 2. The molecule has 0 spiro atoms. The number of hydrogen-bond acceptors (Lipinski definition) is 2. The van der Waals surface area contributed by atoms with Crippen LogP contribution in [0.1, 0.15) is 43.1 Å². The Labute approximate surface area is 131 Å². The van der Waals surface area contributed by atoms with Gasteiger partial charge >= 0.3 is 0 Å². The molecule has 1 aromatic heterocycles. The standard InChI is InChI=1S/C18H23N3O/c1-11(2)21-10-14(8-17(21)22)18-19-9-16(20-18)15-7-12(3)5-6-13(15)4/h5-7,9,11,14H,8,10H2,1-4H3,(H,19,20). The van der Waals surface area contributed by atoms with Crippen LogP contribution in [-0.2, 0) is 4.79 Å². The number of nitrogens with one attached hydrogen (secondary N) is 1. The molecule has 0 bridgehead atoms. The van der Waals surface area contributed by atoms with Crippen molar-refractivity contribution in [2.24, 2.45) is 0 Å². The first-order chi connectivity index (χ1) is 10.5. The number of hydrogen-bond donors (Lipinski definition) is 1. The number of aromatic amines is 1. The van der Waals surface area contributed by atoms with Crippen LogP contribution in [-0.4, -0.2) is 33.4 Å². The summed E-state index contributed by atoms with van der Waals surface area (Å²) in [4.78, 5) is 22.0. The summed E-state index contributed by atoms with van der Waals surface area (Å²) in [5.41, 5.74) is 4.68. The molecule has 4 heteroatoms. The van der Waals surface area contributed by atoms with E-state index in [0.29, 0.717) is 6.42 Å². The summed E-state index contributed by atoms with van der Waals surface area (Å²) in [6.07, 6.45) is 2.44. The van der Waals surface area contributed by atoms with E-state index < -0.39 is 0 Å². The van der Waals surface area contributed by atoms with Crippen molar-refractivity contribution >= 4 is 5.91 Å². The van der Waals surface area contributed by atoms with E-state index >= 15 is 0 Å². The number of rotatable bonds is 3. The van der Waals surface area contributed by atoms with Crippen molar-refractivity contribution in [3.8, 4) is 11.3 Å². The second-order valence-electron chi connectivity index (χ2n) is 6.54. The number of imidazole rings is 1. The molecule has 3 rings (SSSR count). The highest BCUT2D eigenvalue weighted by Crippen LogP contribution is 2.30. The summed E-state index contributed by atoms with van der Waals surface area (Å²) in [5, 5.41) is 0. The SMILES string of the molecule is Cc1ccc(C)c(-c2cnc(C3CC(=O)N(C(C)C)C3)[nH]2)c1. The van der Waals surface area contributed by atoms with Crippen LogP contribution in [0.2, 0.25) is 0 Å². The van der Waals surface area contributed by atoms with E-state index in [-0.39, 0.29) is 17.9 Å². The van der Waals surface area contributed by atoms with Gasteiger partial charge < -0.3 is 9.88 Å². The van der Waals surface area contributed by atoms with Crippen molar-refractivity contribution in [1.82, 2.24) is 14.9 Å². The minimum absolute atomic E-state index is 0.175. The lowest BCUT2D eigenvalue weighted by Gasteiger charge is -2.20. The summed E-state index contributed by atoms with van der Waals surface area (Å²) in [6.45, 7) is 9.08. The molecule has 1 N–H and O–H groups in total. The van der Waals surface area contributed by atoms with Crippen LogP contribution >= 0.6 is 0 Å². The van der Waals surface area contributed by atoms with E-state index in [1.807, 2.05) is 11.1 Å². The van der Waals surface area contributed by atoms with E-state index in [9.17, 15) is 4.79 Å². The highest BCUT2D eigenvalue weighted by Gasteiger charge is 2.33. The Balaban J connectivity index is 1.86. The van der Waals surface area contributed by atoms with Crippen LogP contribution in [0.5, 0.6) is 0 Å². The maximum atomic E-state index is 12.1. The van der Waals surface area contributed by atoms with Crippen molar-refractivity contribution in [2.45, 2.75) is 46.1 Å². The first kappa shape index (κ1) is 14.8. The number of H-pyrrole nitrogens is 1. The summed E-state index contributed by atoms with van der Waals surface area (Å²) < 4.78 is 0. The number of carbonyl (C=O) groups excluding carboxylic acids is 1. The minimum atomic E-state index is 0.175. The van der Waals surface area contributed by atoms with E-state index in [1.165, 1.54) is 16.7 Å². The van der Waals surface area contributed by atoms with Gasteiger partial charge in [0.2, 0.25) is 5.91 Å². The van der Waals surface area contributed by atoms with Gasteiger partial charge in [-0.2, -0.15) is 0 Å². The topological polar surface area (TPSA) is 49.0 Å². The average Bonchev–Trinajstić information content (AvgIpc) is 3.08. The van der Waals surface area contributed by atoms with Gasteiger partial charge in [0.25, 0.3) is 0 Å². The third-order valence-electron chi connectivity index (χ3n) is 4.45. The molecule has 1 atom stereocenters. The third kappa shape index (κ3) is 2.65. The predicted molar refractivity (Wildman–Crippen MR) is 87.7 cm³/mol. The molecule has 2 aromatic rings. The zero-order valence-electron chi connectivity index (χ0n) is 13.7. The molecule has 1 fully saturated rings. The fourth-order valence-corrected chi connectivity index (χ4v) is 3.12. The highest BCUT2D eigenvalue weighted by molar-refractivity contribution is 5.80. The Kier molecular flexibility index (Phi) is 3.77. The quantitative estimate of drug-likeness (QED) is 0.943. The second-order valence-corrected chi connectivity index (χ2v) is 6.54. The average molecular weight is 297 g/mol.